The molecule has 0 aromatic heterocycles. The lowest BCUT2D eigenvalue weighted by Crippen LogP contribution is -2.25. The van der Waals surface area contributed by atoms with Gasteiger partial charge in [0.1, 0.15) is 0 Å². The fraction of sp³-hybridized carbons (Fsp3) is 0.400. The molecule has 0 amide bonds. The quantitative estimate of drug-likeness (QED) is 0.784. The maximum Gasteiger partial charge on any atom is 0.0730 e. The molecule has 0 heterocycles. The van der Waals surface area contributed by atoms with Crippen LogP contribution in [0.3, 0.4) is 0 Å². The minimum absolute atomic E-state index is 0.390. The topological polar surface area (TPSA) is 46.2 Å². The van der Waals surface area contributed by atoms with E-state index in [-0.39, 0.29) is 0 Å². The van der Waals surface area contributed by atoms with Gasteiger partial charge in [-0.25, -0.2) is 0 Å². The molecule has 0 aliphatic heterocycles. The van der Waals surface area contributed by atoms with E-state index >= 15 is 0 Å². The third-order valence-electron chi connectivity index (χ3n) is 2.10. The molecule has 3 N–H and O–H groups in total. The van der Waals surface area contributed by atoms with Crippen molar-refractivity contribution in [3.8, 4) is 0 Å². The summed E-state index contributed by atoms with van der Waals surface area (Å²) in [4.78, 5) is 0. The highest BCUT2D eigenvalue weighted by molar-refractivity contribution is 6.31. The van der Waals surface area contributed by atoms with Crippen LogP contribution in [0.2, 0.25) is 5.02 Å². The first-order chi connectivity index (χ1) is 6.16. The molecule has 3 heteroatoms. The van der Waals surface area contributed by atoms with Crippen molar-refractivity contribution in [1.29, 1.82) is 0 Å². The molecule has 0 fully saturated rings. The number of benzene rings is 1. The van der Waals surface area contributed by atoms with Gasteiger partial charge in [0, 0.05) is 5.02 Å². The monoisotopic (exact) mass is 199 g/mol. The average molecular weight is 200 g/mol. The molecule has 0 radical (unpaired) electrons. The van der Waals surface area contributed by atoms with Crippen molar-refractivity contribution in [2.75, 3.05) is 0 Å². The Hall–Kier alpha value is -0.570. The highest BCUT2D eigenvalue weighted by Crippen LogP contribution is 2.23. The van der Waals surface area contributed by atoms with Crippen LogP contribution < -0.4 is 5.73 Å². The number of hydrogen-bond acceptors (Lipinski definition) is 2. The fourth-order valence-electron chi connectivity index (χ4n) is 1.21. The van der Waals surface area contributed by atoms with E-state index in [0.29, 0.717) is 11.4 Å². The van der Waals surface area contributed by atoms with Crippen LogP contribution in [0, 0.1) is 0 Å². The van der Waals surface area contributed by atoms with Gasteiger partial charge >= 0.3 is 0 Å². The normalized spacial score (nSPS) is 15.4. The molecule has 1 aromatic carbocycles. The molecular formula is C10H14ClNO. The SMILES string of the molecule is CC[C@H](O)[C@H](N)c1ccccc1Cl. The zero-order valence-corrected chi connectivity index (χ0v) is 8.33. The number of nitrogens with two attached hydrogens (primary N) is 1. The molecule has 72 valence electrons. The molecule has 0 saturated heterocycles. The van der Waals surface area contributed by atoms with Gasteiger partial charge in [0.05, 0.1) is 12.1 Å². The van der Waals surface area contributed by atoms with Crippen molar-refractivity contribution in [2.45, 2.75) is 25.5 Å². The van der Waals surface area contributed by atoms with Gasteiger partial charge in [-0.1, -0.05) is 36.7 Å². The zero-order valence-electron chi connectivity index (χ0n) is 7.57. The van der Waals surface area contributed by atoms with Gasteiger partial charge in [-0.3, -0.25) is 0 Å². The Morgan fingerprint density at radius 1 is 1.46 bits per heavy atom. The van der Waals surface area contributed by atoms with Gasteiger partial charge in [0.15, 0.2) is 0 Å². The summed E-state index contributed by atoms with van der Waals surface area (Å²) in [6.45, 7) is 1.89. The summed E-state index contributed by atoms with van der Waals surface area (Å²) < 4.78 is 0. The minimum atomic E-state index is -0.528. The second-order valence-electron chi connectivity index (χ2n) is 3.02. The lowest BCUT2D eigenvalue weighted by molar-refractivity contribution is 0.141. The average Bonchev–Trinajstić information content (AvgIpc) is 2.16. The Bertz CT molecular complexity index is 277. The van der Waals surface area contributed by atoms with Crippen LogP contribution in [0.25, 0.3) is 0 Å². The van der Waals surface area contributed by atoms with Gasteiger partial charge in [0.2, 0.25) is 0 Å². The third-order valence-corrected chi connectivity index (χ3v) is 2.44. The number of halogens is 1. The second-order valence-corrected chi connectivity index (χ2v) is 3.43. The highest BCUT2D eigenvalue weighted by atomic mass is 35.5. The standard InChI is InChI=1S/C10H14ClNO/c1-2-9(13)10(12)7-5-3-4-6-8(7)11/h3-6,9-10,13H,2,12H2,1H3/t9-,10+/m0/s1. The van der Waals surface area contributed by atoms with Crippen LogP contribution in [0.15, 0.2) is 24.3 Å². The molecule has 2 atom stereocenters. The maximum absolute atomic E-state index is 9.52. The zero-order chi connectivity index (χ0) is 9.84. The molecule has 2 nitrogen and oxygen atoms in total. The molecule has 0 aliphatic carbocycles. The molecular weight excluding hydrogens is 186 g/mol. The van der Waals surface area contributed by atoms with Crippen molar-refractivity contribution < 1.29 is 5.11 Å². The van der Waals surface area contributed by atoms with Gasteiger partial charge in [-0.15, -0.1) is 0 Å². The fourth-order valence-corrected chi connectivity index (χ4v) is 1.47. The Labute approximate surface area is 83.3 Å². The lowest BCUT2D eigenvalue weighted by atomic mass is 10.0. The summed E-state index contributed by atoms with van der Waals surface area (Å²) in [6, 6.07) is 6.93. The Morgan fingerprint density at radius 3 is 2.62 bits per heavy atom. The number of rotatable bonds is 3. The molecule has 13 heavy (non-hydrogen) atoms. The van der Waals surface area contributed by atoms with Crippen LogP contribution in [-0.2, 0) is 0 Å². The summed E-state index contributed by atoms with van der Waals surface area (Å²) in [6.07, 6.45) is 0.103. The maximum atomic E-state index is 9.52. The molecule has 0 spiro atoms. The van der Waals surface area contributed by atoms with Crippen LogP contribution in [-0.4, -0.2) is 11.2 Å². The molecule has 1 aromatic rings. The molecule has 0 bridgehead atoms. The Kier molecular flexibility index (Phi) is 3.72. The summed E-state index contributed by atoms with van der Waals surface area (Å²) in [7, 11) is 0. The van der Waals surface area contributed by atoms with Crippen molar-refractivity contribution >= 4 is 11.6 Å². The van der Waals surface area contributed by atoms with E-state index in [1.807, 2.05) is 25.1 Å². The van der Waals surface area contributed by atoms with Crippen molar-refractivity contribution in [3.63, 3.8) is 0 Å². The van der Waals surface area contributed by atoms with Crippen molar-refractivity contribution in [1.82, 2.24) is 0 Å². The minimum Gasteiger partial charge on any atom is -0.391 e. The second kappa shape index (κ2) is 4.61. The van der Waals surface area contributed by atoms with E-state index in [4.69, 9.17) is 17.3 Å². The lowest BCUT2D eigenvalue weighted by Gasteiger charge is -2.18. The third kappa shape index (κ3) is 2.44. The number of aliphatic hydroxyl groups is 1. The van der Waals surface area contributed by atoms with E-state index in [2.05, 4.69) is 0 Å². The first kappa shape index (κ1) is 10.5. The number of aliphatic hydroxyl groups excluding tert-OH is 1. The van der Waals surface area contributed by atoms with Crippen LogP contribution in [0.1, 0.15) is 24.9 Å². The molecule has 0 saturated carbocycles. The first-order valence-corrected chi connectivity index (χ1v) is 4.72. The summed E-state index contributed by atoms with van der Waals surface area (Å²) in [5, 5.41) is 10.1. The Morgan fingerprint density at radius 2 is 2.08 bits per heavy atom. The van der Waals surface area contributed by atoms with Gasteiger partial charge < -0.3 is 10.8 Å². The van der Waals surface area contributed by atoms with E-state index < -0.39 is 12.1 Å². The largest absolute Gasteiger partial charge is 0.391 e. The highest BCUT2D eigenvalue weighted by Gasteiger charge is 2.16. The van der Waals surface area contributed by atoms with Crippen LogP contribution >= 0.6 is 11.6 Å². The summed E-state index contributed by atoms with van der Waals surface area (Å²) in [5.41, 5.74) is 6.62. The Balaban J connectivity index is 2.88. The van der Waals surface area contributed by atoms with Crippen LogP contribution in [0.4, 0.5) is 0 Å². The van der Waals surface area contributed by atoms with Gasteiger partial charge in [0.25, 0.3) is 0 Å². The van der Waals surface area contributed by atoms with Crippen LogP contribution in [0.5, 0.6) is 0 Å². The summed E-state index contributed by atoms with van der Waals surface area (Å²) >= 11 is 5.93. The van der Waals surface area contributed by atoms with Crippen molar-refractivity contribution in [2.24, 2.45) is 5.73 Å². The summed E-state index contributed by atoms with van der Waals surface area (Å²) in [5.74, 6) is 0. The van der Waals surface area contributed by atoms with Gasteiger partial charge in [-0.05, 0) is 18.1 Å². The predicted molar refractivity (Wildman–Crippen MR) is 54.7 cm³/mol. The predicted octanol–water partition coefficient (Wildman–Crippen LogP) is 2.11. The first-order valence-electron chi connectivity index (χ1n) is 4.35. The smallest absolute Gasteiger partial charge is 0.0730 e. The van der Waals surface area contributed by atoms with Gasteiger partial charge in [-0.2, -0.15) is 0 Å². The number of hydrogen-bond donors (Lipinski definition) is 2. The molecule has 0 aliphatic rings. The van der Waals surface area contributed by atoms with E-state index in [1.165, 1.54) is 0 Å². The molecule has 1 rings (SSSR count). The van der Waals surface area contributed by atoms with E-state index in [9.17, 15) is 5.11 Å². The van der Waals surface area contributed by atoms with Crippen molar-refractivity contribution in [3.05, 3.63) is 34.9 Å². The molecule has 0 unspecified atom stereocenters. The van der Waals surface area contributed by atoms with E-state index in [1.54, 1.807) is 6.07 Å². The van der Waals surface area contributed by atoms with E-state index in [0.717, 1.165) is 5.56 Å².